The minimum absolute atomic E-state index is 0.0349. The highest BCUT2D eigenvalue weighted by Crippen LogP contribution is 2.30. The van der Waals surface area contributed by atoms with Gasteiger partial charge in [-0.2, -0.15) is 0 Å². The van der Waals surface area contributed by atoms with E-state index < -0.39 is 5.97 Å². The summed E-state index contributed by atoms with van der Waals surface area (Å²) in [5.41, 5.74) is 2.49. The second kappa shape index (κ2) is 4.42. The molecule has 2 aromatic rings. The number of carbonyl (C=O) groups is 1. The van der Waals surface area contributed by atoms with Gasteiger partial charge in [0, 0.05) is 12.6 Å². The number of fused-ring (bicyclic) bond motifs is 1. The van der Waals surface area contributed by atoms with E-state index in [0.717, 1.165) is 12.2 Å². The SMILES string of the molecule is Cc1ccc2c(c1)CC(Cn1cnc(C(=O)O)c1)O2. The van der Waals surface area contributed by atoms with Gasteiger partial charge >= 0.3 is 5.97 Å². The highest BCUT2D eigenvalue weighted by Gasteiger charge is 2.23. The van der Waals surface area contributed by atoms with Gasteiger partial charge in [0.1, 0.15) is 11.9 Å². The number of imidazole rings is 1. The fraction of sp³-hybridized carbons (Fsp3) is 0.286. The number of aromatic carboxylic acids is 1. The Morgan fingerprint density at radius 3 is 3.16 bits per heavy atom. The first kappa shape index (κ1) is 11.8. The lowest BCUT2D eigenvalue weighted by molar-refractivity contribution is 0.0690. The first-order valence-electron chi connectivity index (χ1n) is 6.13. The molecule has 1 aromatic carbocycles. The van der Waals surface area contributed by atoms with Crippen molar-refractivity contribution >= 4 is 5.97 Å². The Hall–Kier alpha value is -2.30. The molecule has 0 radical (unpaired) electrons. The Morgan fingerprint density at radius 1 is 1.58 bits per heavy atom. The maximum atomic E-state index is 10.8. The monoisotopic (exact) mass is 258 g/mol. The number of aromatic nitrogens is 2. The average Bonchev–Trinajstić information content (AvgIpc) is 2.95. The molecule has 1 aromatic heterocycles. The average molecular weight is 258 g/mol. The fourth-order valence-corrected chi connectivity index (χ4v) is 2.36. The van der Waals surface area contributed by atoms with Crippen molar-refractivity contribution in [2.45, 2.75) is 26.0 Å². The van der Waals surface area contributed by atoms with Crippen LogP contribution in [0.25, 0.3) is 0 Å². The first-order chi connectivity index (χ1) is 9.11. The van der Waals surface area contributed by atoms with Crippen molar-refractivity contribution in [2.24, 2.45) is 0 Å². The number of benzene rings is 1. The maximum absolute atomic E-state index is 10.8. The lowest BCUT2D eigenvalue weighted by Gasteiger charge is -2.10. The Labute approximate surface area is 110 Å². The molecule has 1 atom stereocenters. The Morgan fingerprint density at radius 2 is 2.42 bits per heavy atom. The van der Waals surface area contributed by atoms with Crippen molar-refractivity contribution in [1.29, 1.82) is 0 Å². The lowest BCUT2D eigenvalue weighted by Crippen LogP contribution is -2.19. The van der Waals surface area contributed by atoms with Crippen LogP contribution in [0.4, 0.5) is 0 Å². The lowest BCUT2D eigenvalue weighted by atomic mass is 10.1. The van der Waals surface area contributed by atoms with Crippen LogP contribution in [0.2, 0.25) is 0 Å². The minimum atomic E-state index is -1.01. The number of hydrogen-bond donors (Lipinski definition) is 1. The first-order valence-corrected chi connectivity index (χ1v) is 6.13. The predicted octanol–water partition coefficient (Wildman–Crippen LogP) is 1.89. The van der Waals surface area contributed by atoms with Gasteiger partial charge < -0.3 is 14.4 Å². The Balaban J connectivity index is 1.71. The van der Waals surface area contributed by atoms with Crippen LogP contribution < -0.4 is 4.74 Å². The number of carboxylic acids is 1. The van der Waals surface area contributed by atoms with E-state index in [-0.39, 0.29) is 11.8 Å². The van der Waals surface area contributed by atoms with E-state index in [0.29, 0.717) is 6.54 Å². The van der Waals surface area contributed by atoms with Gasteiger partial charge in [-0.1, -0.05) is 17.7 Å². The van der Waals surface area contributed by atoms with Crippen LogP contribution in [0.15, 0.2) is 30.7 Å². The van der Waals surface area contributed by atoms with E-state index in [1.54, 1.807) is 4.57 Å². The van der Waals surface area contributed by atoms with Gasteiger partial charge in [-0.25, -0.2) is 9.78 Å². The zero-order valence-electron chi connectivity index (χ0n) is 10.5. The van der Waals surface area contributed by atoms with Gasteiger partial charge in [0.05, 0.1) is 12.9 Å². The van der Waals surface area contributed by atoms with Crippen LogP contribution in [-0.2, 0) is 13.0 Å². The molecule has 1 N–H and O–H groups in total. The zero-order chi connectivity index (χ0) is 13.4. The van der Waals surface area contributed by atoms with Crippen LogP contribution in [0, 0.1) is 6.92 Å². The zero-order valence-corrected chi connectivity index (χ0v) is 10.5. The van der Waals surface area contributed by atoms with E-state index >= 15 is 0 Å². The number of carboxylic acid groups (broad SMARTS) is 1. The molecule has 98 valence electrons. The number of ether oxygens (including phenoxy) is 1. The summed E-state index contributed by atoms with van der Waals surface area (Å²) < 4.78 is 7.60. The molecule has 19 heavy (non-hydrogen) atoms. The molecule has 2 heterocycles. The van der Waals surface area contributed by atoms with Gasteiger partial charge in [0.15, 0.2) is 5.69 Å². The van der Waals surface area contributed by atoms with Gasteiger partial charge in [0.25, 0.3) is 0 Å². The highest BCUT2D eigenvalue weighted by atomic mass is 16.5. The Bertz CT molecular complexity index is 633. The van der Waals surface area contributed by atoms with Gasteiger partial charge in [-0.3, -0.25) is 0 Å². The largest absolute Gasteiger partial charge is 0.488 e. The molecule has 1 aliphatic heterocycles. The summed E-state index contributed by atoms with van der Waals surface area (Å²) in [7, 11) is 0. The third-order valence-corrected chi connectivity index (χ3v) is 3.22. The smallest absolute Gasteiger partial charge is 0.356 e. The summed E-state index contributed by atoms with van der Waals surface area (Å²) in [5, 5.41) is 8.82. The molecule has 5 heteroatoms. The van der Waals surface area contributed by atoms with Gasteiger partial charge in [-0.15, -0.1) is 0 Å². The molecule has 0 fully saturated rings. The molecule has 1 aliphatic rings. The molecular weight excluding hydrogens is 244 g/mol. The predicted molar refractivity (Wildman–Crippen MR) is 68.5 cm³/mol. The van der Waals surface area contributed by atoms with E-state index in [2.05, 4.69) is 18.0 Å². The molecular formula is C14H14N2O3. The normalized spacial score (nSPS) is 17.0. The van der Waals surface area contributed by atoms with Crippen molar-refractivity contribution in [1.82, 2.24) is 9.55 Å². The van der Waals surface area contributed by atoms with Crippen molar-refractivity contribution < 1.29 is 14.6 Å². The van der Waals surface area contributed by atoms with E-state index in [1.165, 1.54) is 23.7 Å². The molecule has 1 unspecified atom stereocenters. The van der Waals surface area contributed by atoms with Gasteiger partial charge in [-0.05, 0) is 18.6 Å². The van der Waals surface area contributed by atoms with Crippen molar-refractivity contribution in [3.05, 3.63) is 47.5 Å². The molecule has 0 saturated carbocycles. The molecule has 0 bridgehead atoms. The summed E-state index contributed by atoms with van der Waals surface area (Å²) in [6.07, 6.45) is 3.94. The van der Waals surface area contributed by atoms with Crippen LogP contribution in [0.5, 0.6) is 5.75 Å². The van der Waals surface area contributed by atoms with E-state index in [1.807, 2.05) is 12.1 Å². The van der Waals surface area contributed by atoms with Gasteiger partial charge in [0.2, 0.25) is 0 Å². The van der Waals surface area contributed by atoms with E-state index in [9.17, 15) is 4.79 Å². The third kappa shape index (κ3) is 2.31. The summed E-state index contributed by atoms with van der Waals surface area (Å²) in [4.78, 5) is 14.6. The topological polar surface area (TPSA) is 64.4 Å². The third-order valence-electron chi connectivity index (χ3n) is 3.22. The molecule has 0 saturated heterocycles. The van der Waals surface area contributed by atoms with Crippen LogP contribution in [0.1, 0.15) is 21.6 Å². The molecule has 0 aliphatic carbocycles. The number of aryl methyl sites for hydroxylation is 1. The standard InChI is InChI=1S/C14H14N2O3/c1-9-2-3-13-10(4-9)5-11(19-13)6-16-7-12(14(17)18)15-8-16/h2-4,7-8,11H,5-6H2,1H3,(H,17,18). The van der Waals surface area contributed by atoms with Crippen LogP contribution in [-0.4, -0.2) is 26.7 Å². The van der Waals surface area contributed by atoms with Crippen LogP contribution >= 0.6 is 0 Å². The number of rotatable bonds is 3. The van der Waals surface area contributed by atoms with Crippen molar-refractivity contribution in [2.75, 3.05) is 0 Å². The molecule has 0 spiro atoms. The maximum Gasteiger partial charge on any atom is 0.356 e. The summed E-state index contributed by atoms with van der Waals surface area (Å²) >= 11 is 0. The highest BCUT2D eigenvalue weighted by molar-refractivity contribution is 5.84. The number of hydrogen-bond acceptors (Lipinski definition) is 3. The molecule has 5 nitrogen and oxygen atoms in total. The fourth-order valence-electron chi connectivity index (χ4n) is 2.36. The summed E-state index contributed by atoms with van der Waals surface area (Å²) in [6.45, 7) is 2.66. The number of nitrogens with zero attached hydrogens (tertiary/aromatic N) is 2. The molecule has 0 amide bonds. The second-order valence-electron chi connectivity index (χ2n) is 4.82. The van der Waals surface area contributed by atoms with Crippen molar-refractivity contribution in [3.63, 3.8) is 0 Å². The summed E-state index contributed by atoms with van der Waals surface area (Å²) in [6, 6.07) is 6.15. The second-order valence-corrected chi connectivity index (χ2v) is 4.82. The quantitative estimate of drug-likeness (QED) is 0.913. The molecule has 3 rings (SSSR count). The van der Waals surface area contributed by atoms with Crippen molar-refractivity contribution in [3.8, 4) is 5.75 Å². The summed E-state index contributed by atoms with van der Waals surface area (Å²) in [5.74, 6) is -0.0841. The van der Waals surface area contributed by atoms with E-state index in [4.69, 9.17) is 9.84 Å². The Kier molecular flexibility index (Phi) is 2.74. The van der Waals surface area contributed by atoms with Crippen LogP contribution in [0.3, 0.4) is 0 Å². The minimum Gasteiger partial charge on any atom is -0.488 e.